The maximum atomic E-state index is 11.1. The maximum Gasteiger partial charge on any atom is 0.0885 e. The van der Waals surface area contributed by atoms with Gasteiger partial charge in [0.15, 0.2) is 0 Å². The highest BCUT2D eigenvalue weighted by atomic mass is 16.3. The lowest BCUT2D eigenvalue weighted by atomic mass is 9.83. The highest BCUT2D eigenvalue weighted by Gasteiger charge is 2.21. The van der Waals surface area contributed by atoms with Crippen molar-refractivity contribution in [2.75, 3.05) is 0 Å². The van der Waals surface area contributed by atoms with Crippen molar-refractivity contribution in [1.82, 2.24) is 0 Å². The summed E-state index contributed by atoms with van der Waals surface area (Å²) in [5.74, 6) is 0.635. The van der Waals surface area contributed by atoms with Gasteiger partial charge in [0.1, 0.15) is 0 Å². The molecule has 0 aromatic heterocycles. The fourth-order valence-corrected chi connectivity index (χ4v) is 2.57. The highest BCUT2D eigenvalue weighted by molar-refractivity contribution is 5.17. The average Bonchev–Trinajstić information content (AvgIpc) is 2.47. The van der Waals surface area contributed by atoms with Gasteiger partial charge in [-0.05, 0) is 56.7 Å². The molecular formula is C18H31NO. The third-order valence-corrected chi connectivity index (χ3v) is 3.80. The first-order chi connectivity index (χ1) is 9.64. The van der Waals surface area contributed by atoms with Crippen molar-refractivity contribution >= 4 is 0 Å². The molecule has 0 unspecified atom stereocenters. The average molecular weight is 277 g/mol. The Morgan fingerprint density at radius 3 is 2.35 bits per heavy atom. The van der Waals surface area contributed by atoms with Crippen LogP contribution in [-0.4, -0.2) is 0 Å². The lowest BCUT2D eigenvalue weighted by Crippen LogP contribution is -2.13. The molecule has 0 spiro atoms. The Balaban J connectivity index is 5.09. The summed E-state index contributed by atoms with van der Waals surface area (Å²) < 4.78 is 0. The standard InChI is InChI=1S/C18H31NO/c1-6-10-12-15(5)14-16(8-3)17(9-4)18(19-20)13-11-7-2/h7,11,13-14,16-17H,6,8-10,12H2,1-5H3/b11-7-,15-14-,18-13+/t16-,17-/m1/s1. The normalized spacial score (nSPS) is 16.4. The van der Waals surface area contributed by atoms with Crippen LogP contribution >= 0.6 is 0 Å². The van der Waals surface area contributed by atoms with E-state index in [1.165, 1.54) is 18.4 Å². The Hall–Kier alpha value is -1.18. The minimum atomic E-state index is 0.227. The molecule has 0 fully saturated rings. The van der Waals surface area contributed by atoms with Crippen LogP contribution in [0.2, 0.25) is 0 Å². The van der Waals surface area contributed by atoms with E-state index in [2.05, 4.69) is 38.9 Å². The van der Waals surface area contributed by atoms with Crippen molar-refractivity contribution in [3.63, 3.8) is 0 Å². The Morgan fingerprint density at radius 1 is 1.20 bits per heavy atom. The maximum absolute atomic E-state index is 11.1. The van der Waals surface area contributed by atoms with E-state index in [9.17, 15) is 4.91 Å². The fourth-order valence-electron chi connectivity index (χ4n) is 2.57. The van der Waals surface area contributed by atoms with Crippen LogP contribution < -0.4 is 0 Å². The monoisotopic (exact) mass is 277 g/mol. The van der Waals surface area contributed by atoms with Gasteiger partial charge in [-0.15, -0.1) is 4.91 Å². The molecular weight excluding hydrogens is 246 g/mol. The van der Waals surface area contributed by atoms with Crippen LogP contribution in [0.15, 0.2) is 40.8 Å². The van der Waals surface area contributed by atoms with Gasteiger partial charge in [-0.3, -0.25) is 0 Å². The molecule has 0 aliphatic rings. The zero-order chi connectivity index (χ0) is 15.4. The van der Waals surface area contributed by atoms with Gasteiger partial charge in [0.05, 0.1) is 5.70 Å². The van der Waals surface area contributed by atoms with E-state index in [0.717, 1.165) is 19.3 Å². The molecule has 0 radical (unpaired) electrons. The quantitative estimate of drug-likeness (QED) is 0.258. The molecule has 0 saturated carbocycles. The highest BCUT2D eigenvalue weighted by Crippen LogP contribution is 2.30. The topological polar surface area (TPSA) is 29.4 Å². The molecule has 0 bridgehead atoms. The van der Waals surface area contributed by atoms with E-state index in [1.807, 2.05) is 25.2 Å². The van der Waals surface area contributed by atoms with Crippen molar-refractivity contribution in [2.24, 2.45) is 17.0 Å². The summed E-state index contributed by atoms with van der Waals surface area (Å²) in [5.41, 5.74) is 2.12. The molecule has 0 aromatic rings. The second-order valence-corrected chi connectivity index (χ2v) is 5.41. The molecule has 0 rings (SSSR count). The van der Waals surface area contributed by atoms with Gasteiger partial charge in [0.2, 0.25) is 0 Å². The number of hydrogen-bond donors (Lipinski definition) is 0. The second-order valence-electron chi connectivity index (χ2n) is 5.41. The van der Waals surface area contributed by atoms with Gasteiger partial charge in [0, 0.05) is 5.92 Å². The van der Waals surface area contributed by atoms with E-state index in [4.69, 9.17) is 0 Å². The Bertz CT molecular complexity index is 352. The molecule has 0 N–H and O–H groups in total. The third-order valence-electron chi connectivity index (χ3n) is 3.80. The largest absolute Gasteiger partial charge is 0.145 e. The second kappa shape index (κ2) is 11.6. The molecule has 20 heavy (non-hydrogen) atoms. The van der Waals surface area contributed by atoms with Gasteiger partial charge in [-0.1, -0.05) is 51.0 Å². The van der Waals surface area contributed by atoms with Crippen LogP contribution in [0.4, 0.5) is 0 Å². The minimum Gasteiger partial charge on any atom is -0.145 e. The zero-order valence-electron chi connectivity index (χ0n) is 13.9. The minimum absolute atomic E-state index is 0.227. The van der Waals surface area contributed by atoms with Gasteiger partial charge < -0.3 is 0 Å². The predicted molar refractivity (Wildman–Crippen MR) is 89.5 cm³/mol. The Kier molecular flexibility index (Phi) is 10.9. The number of rotatable bonds is 10. The number of nitrogens with zero attached hydrogens (tertiary/aromatic N) is 1. The SMILES string of the molecule is C/C=C\C=C(\N=O)[C@H](CC)[C@@H](/C=C(/C)CCCC)CC. The lowest BCUT2D eigenvalue weighted by molar-refractivity contribution is 0.422. The summed E-state index contributed by atoms with van der Waals surface area (Å²) in [5, 5.41) is 3.27. The van der Waals surface area contributed by atoms with Gasteiger partial charge in [-0.25, -0.2) is 0 Å². The van der Waals surface area contributed by atoms with Crippen molar-refractivity contribution in [3.05, 3.63) is 40.5 Å². The van der Waals surface area contributed by atoms with E-state index < -0.39 is 0 Å². The van der Waals surface area contributed by atoms with E-state index >= 15 is 0 Å². The summed E-state index contributed by atoms with van der Waals surface area (Å²) in [6.07, 6.45) is 13.7. The van der Waals surface area contributed by atoms with E-state index in [0.29, 0.717) is 11.6 Å². The van der Waals surface area contributed by atoms with Crippen molar-refractivity contribution in [3.8, 4) is 0 Å². The zero-order valence-corrected chi connectivity index (χ0v) is 13.9. The summed E-state index contributed by atoms with van der Waals surface area (Å²) >= 11 is 0. The Labute approximate surface area is 125 Å². The summed E-state index contributed by atoms with van der Waals surface area (Å²) in [6.45, 7) is 10.7. The lowest BCUT2D eigenvalue weighted by Gasteiger charge is -2.22. The summed E-state index contributed by atoms with van der Waals surface area (Å²) in [6, 6.07) is 0. The summed E-state index contributed by atoms with van der Waals surface area (Å²) in [7, 11) is 0. The number of unbranched alkanes of at least 4 members (excludes halogenated alkanes) is 1. The smallest absolute Gasteiger partial charge is 0.0885 e. The molecule has 2 atom stereocenters. The van der Waals surface area contributed by atoms with Gasteiger partial charge in [-0.2, -0.15) is 0 Å². The molecule has 2 heteroatoms. The van der Waals surface area contributed by atoms with Crippen LogP contribution in [0.3, 0.4) is 0 Å². The first kappa shape index (κ1) is 18.8. The van der Waals surface area contributed by atoms with Crippen LogP contribution in [0.25, 0.3) is 0 Å². The first-order valence-corrected chi connectivity index (χ1v) is 7.97. The predicted octanol–water partition coefficient (Wildman–Crippen LogP) is 6.40. The molecule has 2 nitrogen and oxygen atoms in total. The molecule has 0 amide bonds. The molecule has 0 aromatic carbocycles. The third kappa shape index (κ3) is 6.83. The molecule has 0 heterocycles. The van der Waals surface area contributed by atoms with Gasteiger partial charge >= 0.3 is 0 Å². The fraction of sp³-hybridized carbons (Fsp3) is 0.667. The van der Waals surface area contributed by atoms with Crippen LogP contribution in [0, 0.1) is 16.7 Å². The van der Waals surface area contributed by atoms with Crippen molar-refractivity contribution in [2.45, 2.75) is 66.7 Å². The summed E-state index contributed by atoms with van der Waals surface area (Å²) in [4.78, 5) is 11.1. The van der Waals surface area contributed by atoms with Crippen molar-refractivity contribution in [1.29, 1.82) is 0 Å². The van der Waals surface area contributed by atoms with Crippen molar-refractivity contribution < 1.29 is 0 Å². The van der Waals surface area contributed by atoms with E-state index in [-0.39, 0.29) is 5.92 Å². The number of hydrogen-bond acceptors (Lipinski definition) is 2. The Morgan fingerprint density at radius 2 is 1.90 bits per heavy atom. The van der Waals surface area contributed by atoms with Crippen LogP contribution in [-0.2, 0) is 0 Å². The first-order valence-electron chi connectivity index (χ1n) is 7.97. The molecule has 0 saturated heterocycles. The van der Waals surface area contributed by atoms with E-state index in [1.54, 1.807) is 0 Å². The number of allylic oxidation sites excluding steroid dienone is 6. The number of nitroso groups, excluding NO2 is 1. The molecule has 114 valence electrons. The van der Waals surface area contributed by atoms with Crippen LogP contribution in [0.5, 0.6) is 0 Å². The van der Waals surface area contributed by atoms with Gasteiger partial charge in [0.25, 0.3) is 0 Å². The van der Waals surface area contributed by atoms with Crippen LogP contribution in [0.1, 0.15) is 66.7 Å². The molecule has 0 aliphatic carbocycles. The molecule has 0 aliphatic heterocycles.